The molecule has 0 radical (unpaired) electrons. The van der Waals surface area contributed by atoms with Gasteiger partial charge in [0.25, 0.3) is 0 Å². The van der Waals surface area contributed by atoms with Gasteiger partial charge in [0.2, 0.25) is 0 Å². The second-order valence-corrected chi connectivity index (χ2v) is 7.40. The number of hydrogen-bond donors (Lipinski definition) is 2. The van der Waals surface area contributed by atoms with Crippen LogP contribution in [-0.4, -0.2) is 12.1 Å². The SMILES string of the molecule is C[C@H](/C=C\c1ccc(Cc2ccc(-c3ccccc3)cc2)s1)NC(N)=O. The molecule has 26 heavy (non-hydrogen) atoms. The molecule has 0 unspecified atom stereocenters. The van der Waals surface area contributed by atoms with Crippen LogP contribution in [0.15, 0.2) is 72.8 Å². The van der Waals surface area contributed by atoms with E-state index in [0.29, 0.717) is 0 Å². The quantitative estimate of drug-likeness (QED) is 0.631. The van der Waals surface area contributed by atoms with Crippen molar-refractivity contribution < 1.29 is 4.79 Å². The number of hydrogen-bond acceptors (Lipinski definition) is 2. The first-order chi connectivity index (χ1) is 12.6. The molecule has 1 aromatic heterocycles. The summed E-state index contributed by atoms with van der Waals surface area (Å²) in [7, 11) is 0. The molecule has 2 aromatic carbocycles. The van der Waals surface area contributed by atoms with E-state index in [4.69, 9.17) is 5.73 Å². The number of amides is 2. The van der Waals surface area contributed by atoms with Crippen molar-refractivity contribution in [2.45, 2.75) is 19.4 Å². The molecule has 0 spiro atoms. The van der Waals surface area contributed by atoms with Crippen LogP contribution < -0.4 is 11.1 Å². The van der Waals surface area contributed by atoms with Crippen LogP contribution in [0.5, 0.6) is 0 Å². The minimum Gasteiger partial charge on any atom is -0.352 e. The van der Waals surface area contributed by atoms with Crippen molar-refractivity contribution in [1.82, 2.24) is 5.32 Å². The van der Waals surface area contributed by atoms with Gasteiger partial charge in [-0.15, -0.1) is 11.3 Å². The first-order valence-corrected chi connectivity index (χ1v) is 9.39. The number of urea groups is 1. The standard InChI is InChI=1S/C22H22N2OS/c1-16(24-22(23)25)7-12-20-13-14-21(26-20)15-17-8-10-19(11-9-17)18-5-3-2-4-6-18/h2-14,16H,15H2,1H3,(H3,23,24,25)/b12-7-/t16-/m1/s1. The van der Waals surface area contributed by atoms with Gasteiger partial charge in [0.1, 0.15) is 0 Å². The van der Waals surface area contributed by atoms with E-state index in [1.807, 2.05) is 25.1 Å². The number of nitrogens with two attached hydrogens (primary N) is 1. The third kappa shape index (κ3) is 5.07. The normalized spacial score (nSPS) is 12.2. The van der Waals surface area contributed by atoms with Crippen LogP contribution >= 0.6 is 11.3 Å². The topological polar surface area (TPSA) is 55.1 Å². The highest BCUT2D eigenvalue weighted by Gasteiger charge is 2.03. The lowest BCUT2D eigenvalue weighted by Gasteiger charge is -2.05. The smallest absolute Gasteiger partial charge is 0.312 e. The van der Waals surface area contributed by atoms with Crippen molar-refractivity contribution in [2.75, 3.05) is 0 Å². The lowest BCUT2D eigenvalue weighted by molar-refractivity contribution is 0.247. The molecule has 0 fully saturated rings. The van der Waals surface area contributed by atoms with E-state index in [1.165, 1.54) is 26.4 Å². The van der Waals surface area contributed by atoms with E-state index in [-0.39, 0.29) is 6.04 Å². The van der Waals surface area contributed by atoms with Crippen molar-refractivity contribution in [3.05, 3.63) is 88.1 Å². The summed E-state index contributed by atoms with van der Waals surface area (Å²) in [6, 6.07) is 22.8. The number of carbonyl (C=O) groups is 1. The average molecular weight is 362 g/mol. The van der Waals surface area contributed by atoms with Crippen LogP contribution in [0.2, 0.25) is 0 Å². The van der Waals surface area contributed by atoms with Gasteiger partial charge in [-0.3, -0.25) is 0 Å². The fourth-order valence-electron chi connectivity index (χ4n) is 2.74. The molecule has 3 N–H and O–H groups in total. The van der Waals surface area contributed by atoms with Gasteiger partial charge in [-0.25, -0.2) is 4.79 Å². The fraction of sp³-hybridized carbons (Fsp3) is 0.136. The first kappa shape index (κ1) is 18.0. The van der Waals surface area contributed by atoms with Crippen molar-refractivity contribution in [3.8, 4) is 11.1 Å². The van der Waals surface area contributed by atoms with Gasteiger partial charge in [-0.1, -0.05) is 60.7 Å². The Bertz CT molecular complexity index is 882. The molecule has 3 rings (SSSR count). The summed E-state index contributed by atoms with van der Waals surface area (Å²) in [5, 5.41) is 2.64. The van der Waals surface area contributed by atoms with Gasteiger partial charge in [0.15, 0.2) is 0 Å². The lowest BCUT2D eigenvalue weighted by atomic mass is 10.0. The van der Waals surface area contributed by atoms with E-state index in [0.717, 1.165) is 6.42 Å². The maximum atomic E-state index is 10.8. The van der Waals surface area contributed by atoms with Crippen molar-refractivity contribution in [2.24, 2.45) is 5.73 Å². The fourth-order valence-corrected chi connectivity index (χ4v) is 3.70. The van der Waals surface area contributed by atoms with E-state index in [9.17, 15) is 4.79 Å². The largest absolute Gasteiger partial charge is 0.352 e. The lowest BCUT2D eigenvalue weighted by Crippen LogP contribution is -2.35. The third-order valence-corrected chi connectivity index (χ3v) is 5.09. The van der Waals surface area contributed by atoms with Crippen molar-refractivity contribution in [1.29, 1.82) is 0 Å². The molecule has 0 aliphatic heterocycles. The summed E-state index contributed by atoms with van der Waals surface area (Å²) in [5.74, 6) is 0. The molecule has 0 aliphatic rings. The summed E-state index contributed by atoms with van der Waals surface area (Å²) in [6.07, 6.45) is 4.88. The molecule has 132 valence electrons. The minimum atomic E-state index is -0.507. The zero-order chi connectivity index (χ0) is 18.4. The predicted molar refractivity (Wildman–Crippen MR) is 110 cm³/mol. The highest BCUT2D eigenvalue weighted by Crippen LogP contribution is 2.24. The highest BCUT2D eigenvalue weighted by molar-refractivity contribution is 7.12. The van der Waals surface area contributed by atoms with Crippen LogP contribution in [0.4, 0.5) is 4.79 Å². The predicted octanol–water partition coefficient (Wildman–Crippen LogP) is 5.08. The van der Waals surface area contributed by atoms with Gasteiger partial charge in [-0.05, 0) is 41.8 Å². The Morgan fingerprint density at radius 3 is 2.42 bits per heavy atom. The second kappa shape index (κ2) is 8.50. The second-order valence-electron chi connectivity index (χ2n) is 6.20. The Morgan fingerprint density at radius 1 is 1.04 bits per heavy atom. The van der Waals surface area contributed by atoms with E-state index in [1.54, 1.807) is 11.3 Å². The van der Waals surface area contributed by atoms with E-state index >= 15 is 0 Å². The number of rotatable bonds is 6. The van der Waals surface area contributed by atoms with Crippen LogP contribution in [0, 0.1) is 0 Å². The zero-order valence-corrected chi connectivity index (χ0v) is 15.5. The Hall–Kier alpha value is -2.85. The summed E-state index contributed by atoms with van der Waals surface area (Å²) in [6.45, 7) is 1.89. The van der Waals surface area contributed by atoms with Crippen LogP contribution in [-0.2, 0) is 6.42 Å². The number of nitrogens with one attached hydrogen (secondary N) is 1. The zero-order valence-electron chi connectivity index (χ0n) is 14.7. The molecular formula is C22H22N2OS. The van der Waals surface area contributed by atoms with Gasteiger partial charge in [-0.2, -0.15) is 0 Å². The molecule has 2 amide bonds. The van der Waals surface area contributed by atoms with Gasteiger partial charge < -0.3 is 11.1 Å². The van der Waals surface area contributed by atoms with Crippen LogP contribution in [0.25, 0.3) is 17.2 Å². The van der Waals surface area contributed by atoms with E-state index < -0.39 is 6.03 Å². The monoisotopic (exact) mass is 362 g/mol. The number of thiophene rings is 1. The molecule has 3 nitrogen and oxygen atoms in total. The minimum absolute atomic E-state index is 0.0800. The summed E-state index contributed by atoms with van der Waals surface area (Å²) >= 11 is 1.76. The van der Waals surface area contributed by atoms with E-state index in [2.05, 4.69) is 66.0 Å². The number of carbonyl (C=O) groups excluding carboxylic acids is 1. The summed E-state index contributed by atoms with van der Waals surface area (Å²) < 4.78 is 0. The molecule has 0 bridgehead atoms. The molecule has 0 aliphatic carbocycles. The molecule has 1 atom stereocenters. The van der Waals surface area contributed by atoms with Gasteiger partial charge in [0, 0.05) is 22.2 Å². The van der Waals surface area contributed by atoms with Gasteiger partial charge >= 0.3 is 6.03 Å². The van der Waals surface area contributed by atoms with Crippen LogP contribution in [0.3, 0.4) is 0 Å². The van der Waals surface area contributed by atoms with Crippen LogP contribution in [0.1, 0.15) is 22.2 Å². The molecule has 3 aromatic rings. The van der Waals surface area contributed by atoms with Crippen molar-refractivity contribution in [3.63, 3.8) is 0 Å². The molecule has 4 heteroatoms. The first-order valence-electron chi connectivity index (χ1n) is 8.57. The summed E-state index contributed by atoms with van der Waals surface area (Å²) in [4.78, 5) is 13.3. The highest BCUT2D eigenvalue weighted by atomic mass is 32.1. The third-order valence-electron chi connectivity index (χ3n) is 4.04. The number of primary amides is 1. The maximum Gasteiger partial charge on any atom is 0.312 e. The van der Waals surface area contributed by atoms with Crippen molar-refractivity contribution >= 4 is 23.4 Å². The Morgan fingerprint density at radius 2 is 1.73 bits per heavy atom. The Balaban J connectivity index is 1.62. The molecule has 0 saturated heterocycles. The summed E-state index contributed by atoms with van der Waals surface area (Å²) in [5.41, 5.74) is 8.89. The number of benzene rings is 2. The van der Waals surface area contributed by atoms with Gasteiger partial charge in [0.05, 0.1) is 0 Å². The Labute approximate surface area is 158 Å². The average Bonchev–Trinajstić information content (AvgIpc) is 3.08. The molecular weight excluding hydrogens is 340 g/mol. The Kier molecular flexibility index (Phi) is 5.87. The molecule has 1 heterocycles. The molecule has 0 saturated carbocycles. The maximum absolute atomic E-state index is 10.8.